The van der Waals surface area contributed by atoms with Crippen LogP contribution < -0.4 is 0 Å². The number of Topliss-reactive ketones (excluding diaryl/α,β-unsaturated/α-hetero) is 1. The first-order chi connectivity index (χ1) is 6.57. The highest BCUT2D eigenvalue weighted by atomic mass is 16.5. The predicted molar refractivity (Wildman–Crippen MR) is 48.4 cm³/mol. The third kappa shape index (κ3) is 5.85. The lowest BCUT2D eigenvalue weighted by Crippen LogP contribution is -2.11. The summed E-state index contributed by atoms with van der Waals surface area (Å²) in [6.45, 7) is 4.66. The summed E-state index contributed by atoms with van der Waals surface area (Å²) in [5.41, 5.74) is 0.281. The number of carbonyl (C=O) groups is 2. The number of isocyanates is 1. The van der Waals surface area contributed by atoms with Gasteiger partial charge >= 0.3 is 5.97 Å². The van der Waals surface area contributed by atoms with E-state index in [1.54, 1.807) is 0 Å². The summed E-state index contributed by atoms with van der Waals surface area (Å²) in [7, 11) is 0. The van der Waals surface area contributed by atoms with Crippen molar-refractivity contribution in [2.75, 3.05) is 13.2 Å². The molecular weight excluding hydrogens is 186 g/mol. The minimum absolute atomic E-state index is 0.0150. The quantitative estimate of drug-likeness (QED) is 0.267. The second-order valence-electron chi connectivity index (χ2n) is 2.61. The topological polar surface area (TPSA) is 72.8 Å². The van der Waals surface area contributed by atoms with E-state index in [9.17, 15) is 14.4 Å². The van der Waals surface area contributed by atoms with E-state index in [1.165, 1.54) is 13.0 Å². The number of nitrogens with zero attached hydrogens (tertiary/aromatic N) is 1. The molecule has 0 N–H and O–H groups in total. The molecule has 0 heterocycles. The molecule has 0 spiro atoms. The van der Waals surface area contributed by atoms with Crippen LogP contribution in [0.1, 0.15) is 13.3 Å². The molecule has 14 heavy (non-hydrogen) atoms. The van der Waals surface area contributed by atoms with Gasteiger partial charge in [0.15, 0.2) is 5.78 Å². The van der Waals surface area contributed by atoms with Crippen LogP contribution in [0, 0.1) is 0 Å². The molecule has 0 aliphatic rings. The molecule has 0 saturated carbocycles. The maximum atomic E-state index is 10.9. The zero-order valence-corrected chi connectivity index (χ0v) is 7.91. The first kappa shape index (κ1) is 12.3. The maximum Gasteiger partial charge on any atom is 0.333 e. The number of ether oxygens (including phenoxy) is 1. The molecule has 0 aromatic rings. The van der Waals surface area contributed by atoms with Gasteiger partial charge < -0.3 is 4.74 Å². The van der Waals surface area contributed by atoms with Crippen LogP contribution in [0.3, 0.4) is 0 Å². The maximum absolute atomic E-state index is 10.9. The molecule has 0 bridgehead atoms. The minimum Gasteiger partial charge on any atom is -0.462 e. The number of hydrogen-bond acceptors (Lipinski definition) is 5. The van der Waals surface area contributed by atoms with Crippen molar-refractivity contribution in [3.8, 4) is 0 Å². The lowest BCUT2D eigenvalue weighted by Gasteiger charge is -2.01. The van der Waals surface area contributed by atoms with Gasteiger partial charge in [0.2, 0.25) is 6.08 Å². The van der Waals surface area contributed by atoms with Crippen molar-refractivity contribution in [3.63, 3.8) is 0 Å². The van der Waals surface area contributed by atoms with Crippen molar-refractivity contribution >= 4 is 17.8 Å². The Hall–Kier alpha value is -1.74. The van der Waals surface area contributed by atoms with Crippen LogP contribution in [0.15, 0.2) is 17.1 Å². The Labute approximate surface area is 81.5 Å². The summed E-state index contributed by atoms with van der Waals surface area (Å²) >= 11 is 0. The molecule has 5 nitrogen and oxygen atoms in total. The van der Waals surface area contributed by atoms with Gasteiger partial charge in [0.1, 0.15) is 6.54 Å². The monoisotopic (exact) mass is 197 g/mol. The van der Waals surface area contributed by atoms with Crippen molar-refractivity contribution in [1.82, 2.24) is 0 Å². The van der Waals surface area contributed by atoms with Crippen molar-refractivity contribution in [3.05, 3.63) is 12.2 Å². The van der Waals surface area contributed by atoms with Crippen LogP contribution in [0.2, 0.25) is 0 Å². The summed E-state index contributed by atoms with van der Waals surface area (Å²) in [5.74, 6) is -0.806. The Morgan fingerprint density at radius 3 is 2.64 bits per heavy atom. The van der Waals surface area contributed by atoms with Crippen molar-refractivity contribution in [2.45, 2.75) is 13.3 Å². The molecule has 0 saturated heterocycles. The fourth-order valence-electron chi connectivity index (χ4n) is 0.580. The highest BCUT2D eigenvalue weighted by Gasteiger charge is 2.05. The molecule has 0 unspecified atom stereocenters. The van der Waals surface area contributed by atoms with Crippen LogP contribution in [0.4, 0.5) is 0 Å². The molecule has 0 aliphatic carbocycles. The SMILES string of the molecule is C=C(C)C(=O)OCCC(=O)CN=C=O. The van der Waals surface area contributed by atoms with Crippen LogP contribution in [0.25, 0.3) is 0 Å². The molecule has 76 valence electrons. The van der Waals surface area contributed by atoms with E-state index < -0.39 is 5.97 Å². The highest BCUT2D eigenvalue weighted by molar-refractivity contribution is 5.87. The molecule has 5 heteroatoms. The second kappa shape index (κ2) is 6.74. The largest absolute Gasteiger partial charge is 0.462 e. The van der Waals surface area contributed by atoms with E-state index in [-0.39, 0.29) is 30.9 Å². The number of hydrogen-bond donors (Lipinski definition) is 0. The molecule has 0 radical (unpaired) electrons. The Balaban J connectivity index is 3.64. The standard InChI is InChI=1S/C9H11NO4/c1-7(2)9(13)14-4-3-8(12)5-10-6-11/h1,3-5H2,2H3. The van der Waals surface area contributed by atoms with Crippen LogP contribution >= 0.6 is 0 Å². The first-order valence-electron chi connectivity index (χ1n) is 3.96. The van der Waals surface area contributed by atoms with E-state index in [2.05, 4.69) is 16.3 Å². The Bertz CT molecular complexity index is 289. The summed E-state index contributed by atoms with van der Waals surface area (Å²) in [6.07, 6.45) is 1.29. The Morgan fingerprint density at radius 2 is 2.14 bits per heavy atom. The van der Waals surface area contributed by atoms with Gasteiger partial charge in [-0.15, -0.1) is 0 Å². The van der Waals surface area contributed by atoms with Crippen LogP contribution in [-0.4, -0.2) is 31.0 Å². The summed E-state index contributed by atoms with van der Waals surface area (Å²) in [4.78, 5) is 34.4. The molecule has 0 rings (SSSR count). The smallest absolute Gasteiger partial charge is 0.333 e. The van der Waals surface area contributed by atoms with E-state index >= 15 is 0 Å². The third-order valence-corrected chi connectivity index (χ3v) is 1.28. The zero-order chi connectivity index (χ0) is 11.0. The zero-order valence-electron chi connectivity index (χ0n) is 7.91. The molecule has 0 amide bonds. The van der Waals surface area contributed by atoms with Gasteiger partial charge in [-0.2, -0.15) is 4.99 Å². The van der Waals surface area contributed by atoms with Gasteiger partial charge in [-0.05, 0) is 6.92 Å². The molecule has 0 aromatic heterocycles. The molecule has 0 atom stereocenters. The van der Waals surface area contributed by atoms with Gasteiger partial charge in [-0.25, -0.2) is 9.59 Å². The lowest BCUT2D eigenvalue weighted by atomic mass is 10.3. The van der Waals surface area contributed by atoms with Crippen LogP contribution in [-0.2, 0) is 19.1 Å². The predicted octanol–water partition coefficient (Wildman–Crippen LogP) is 0.401. The number of aliphatic imine (C=N–C) groups is 1. The van der Waals surface area contributed by atoms with Gasteiger partial charge in [-0.3, -0.25) is 4.79 Å². The fraction of sp³-hybridized carbons (Fsp3) is 0.444. The molecule has 0 fully saturated rings. The average Bonchev–Trinajstić information content (AvgIpc) is 2.14. The van der Waals surface area contributed by atoms with Crippen molar-refractivity contribution in [2.24, 2.45) is 4.99 Å². The lowest BCUT2D eigenvalue weighted by molar-refractivity contribution is -0.139. The fourth-order valence-corrected chi connectivity index (χ4v) is 0.580. The number of esters is 1. The number of rotatable bonds is 6. The summed E-state index contributed by atoms with van der Waals surface area (Å²) in [5, 5.41) is 0. The van der Waals surface area contributed by atoms with Gasteiger partial charge in [-0.1, -0.05) is 6.58 Å². The van der Waals surface area contributed by atoms with Gasteiger partial charge in [0, 0.05) is 12.0 Å². The van der Waals surface area contributed by atoms with Crippen molar-refractivity contribution in [1.29, 1.82) is 0 Å². The van der Waals surface area contributed by atoms with Gasteiger partial charge in [0.05, 0.1) is 6.61 Å². The molecular formula is C9H11NO4. The first-order valence-corrected chi connectivity index (χ1v) is 3.96. The second-order valence-corrected chi connectivity index (χ2v) is 2.61. The third-order valence-electron chi connectivity index (χ3n) is 1.28. The summed E-state index contributed by atoms with van der Waals surface area (Å²) in [6, 6.07) is 0. The molecule has 0 aromatic carbocycles. The Kier molecular flexibility index (Phi) is 5.90. The van der Waals surface area contributed by atoms with Crippen molar-refractivity contribution < 1.29 is 19.1 Å². The average molecular weight is 197 g/mol. The van der Waals surface area contributed by atoms with E-state index in [0.29, 0.717) is 0 Å². The summed E-state index contributed by atoms with van der Waals surface area (Å²) < 4.78 is 4.65. The highest BCUT2D eigenvalue weighted by Crippen LogP contribution is 1.94. The van der Waals surface area contributed by atoms with Gasteiger partial charge in [0.25, 0.3) is 0 Å². The Morgan fingerprint density at radius 1 is 1.50 bits per heavy atom. The minimum atomic E-state index is -0.531. The number of ketones is 1. The van der Waals surface area contributed by atoms with E-state index in [1.807, 2.05) is 0 Å². The van der Waals surface area contributed by atoms with Crippen LogP contribution in [0.5, 0.6) is 0 Å². The van der Waals surface area contributed by atoms with E-state index in [0.717, 1.165) is 0 Å². The number of carbonyl (C=O) groups excluding carboxylic acids is 3. The molecule has 0 aliphatic heterocycles. The van der Waals surface area contributed by atoms with E-state index in [4.69, 9.17) is 0 Å². The normalized spacial score (nSPS) is 8.64.